The molecule has 0 saturated heterocycles. The Morgan fingerprint density at radius 1 is 1.28 bits per heavy atom. The molecule has 0 aromatic rings. The number of amides is 1. The van der Waals surface area contributed by atoms with Crippen molar-refractivity contribution in [2.24, 2.45) is 22.7 Å². The number of nitrogens with zero attached hydrogens (tertiary/aromatic N) is 2. The molecule has 5 nitrogen and oxygen atoms in total. The Morgan fingerprint density at radius 3 is 2.11 bits per heavy atom. The zero-order valence-electron chi connectivity index (χ0n) is 12.2. The van der Waals surface area contributed by atoms with Crippen molar-refractivity contribution < 1.29 is 10.0 Å². The highest BCUT2D eigenvalue weighted by molar-refractivity contribution is 6.01. The van der Waals surface area contributed by atoms with Gasteiger partial charge in [0.25, 0.3) is 0 Å². The number of hydrogen-bond donors (Lipinski definition) is 2. The average molecular weight is 257 g/mol. The molecule has 0 aliphatic rings. The molecule has 0 heterocycles. The molecule has 106 valence electrons. The lowest BCUT2D eigenvalue weighted by atomic mass is 10.0. The molecule has 0 radical (unpaired) electrons. The van der Waals surface area contributed by atoms with Crippen molar-refractivity contribution in [1.29, 1.82) is 0 Å². The zero-order chi connectivity index (χ0) is 14.3. The number of amidine groups is 1. The molecule has 0 rings (SSSR count). The van der Waals surface area contributed by atoms with Crippen LogP contribution in [0.5, 0.6) is 0 Å². The number of rotatable bonds is 7. The van der Waals surface area contributed by atoms with Crippen molar-refractivity contribution in [3.05, 3.63) is 0 Å². The first kappa shape index (κ1) is 16.7. The normalized spacial score (nSPS) is 14.1. The van der Waals surface area contributed by atoms with Crippen LogP contribution in [0.2, 0.25) is 0 Å². The van der Waals surface area contributed by atoms with Gasteiger partial charge in [0, 0.05) is 12.6 Å². The number of oxime groups is 1. The Kier molecular flexibility index (Phi) is 7.39. The van der Waals surface area contributed by atoms with Crippen molar-refractivity contribution in [2.45, 2.75) is 53.5 Å². The molecule has 0 spiro atoms. The quantitative estimate of drug-likeness (QED) is 0.317. The number of carbonyl (C=O) groups excluding carboxylic acids is 1. The molecule has 18 heavy (non-hydrogen) atoms. The first-order valence-corrected chi connectivity index (χ1v) is 6.66. The molecule has 1 amide bonds. The first-order chi connectivity index (χ1) is 8.38. The summed E-state index contributed by atoms with van der Waals surface area (Å²) < 4.78 is 0. The van der Waals surface area contributed by atoms with E-state index in [1.165, 1.54) is 0 Å². The molecule has 0 aromatic heterocycles. The second-order valence-electron chi connectivity index (χ2n) is 5.10. The fourth-order valence-corrected chi connectivity index (χ4v) is 2.00. The van der Waals surface area contributed by atoms with E-state index in [1.807, 2.05) is 4.90 Å². The van der Waals surface area contributed by atoms with Gasteiger partial charge in [-0.05, 0) is 25.7 Å². The highest BCUT2D eigenvalue weighted by Crippen LogP contribution is 2.15. The zero-order valence-corrected chi connectivity index (χ0v) is 12.2. The number of nitrogens with two attached hydrogens (primary N) is 1. The van der Waals surface area contributed by atoms with Crippen LogP contribution in [0, 0.1) is 11.8 Å². The highest BCUT2D eigenvalue weighted by atomic mass is 16.4. The summed E-state index contributed by atoms with van der Waals surface area (Å²) in [5, 5.41) is 11.6. The van der Waals surface area contributed by atoms with Gasteiger partial charge in [-0.15, -0.1) is 0 Å². The van der Waals surface area contributed by atoms with Gasteiger partial charge in [0.2, 0.25) is 5.91 Å². The minimum Gasteiger partial charge on any atom is -0.409 e. The molecule has 0 aromatic carbocycles. The summed E-state index contributed by atoms with van der Waals surface area (Å²) in [6.45, 7) is 10.7. The lowest BCUT2D eigenvalue weighted by Crippen LogP contribution is -2.47. The predicted molar refractivity (Wildman–Crippen MR) is 73.5 cm³/mol. The molecule has 3 N–H and O–H groups in total. The topological polar surface area (TPSA) is 78.9 Å². The molecule has 0 bridgehead atoms. The van der Waals surface area contributed by atoms with Crippen molar-refractivity contribution >= 4 is 11.7 Å². The van der Waals surface area contributed by atoms with Crippen molar-refractivity contribution in [3.8, 4) is 0 Å². The lowest BCUT2D eigenvalue weighted by molar-refractivity contribution is -0.136. The van der Waals surface area contributed by atoms with Crippen LogP contribution in [0.1, 0.15) is 47.5 Å². The van der Waals surface area contributed by atoms with E-state index in [4.69, 9.17) is 10.9 Å². The summed E-state index contributed by atoms with van der Waals surface area (Å²) in [5.41, 5.74) is 5.52. The second-order valence-corrected chi connectivity index (χ2v) is 5.10. The van der Waals surface area contributed by atoms with Gasteiger partial charge in [0.1, 0.15) is 0 Å². The Balaban J connectivity index is 5.00. The van der Waals surface area contributed by atoms with Crippen LogP contribution in [0.25, 0.3) is 0 Å². The molecule has 1 atom stereocenters. The Bertz CT molecular complexity index is 286. The Morgan fingerprint density at radius 2 is 1.78 bits per heavy atom. The van der Waals surface area contributed by atoms with Crippen LogP contribution < -0.4 is 5.73 Å². The van der Waals surface area contributed by atoms with Crippen LogP contribution in [0.15, 0.2) is 5.16 Å². The van der Waals surface area contributed by atoms with Crippen molar-refractivity contribution in [3.63, 3.8) is 0 Å². The smallest absolute Gasteiger partial charge is 0.233 e. The van der Waals surface area contributed by atoms with E-state index >= 15 is 0 Å². The summed E-state index contributed by atoms with van der Waals surface area (Å²) in [4.78, 5) is 14.3. The Hall–Kier alpha value is -1.26. The minimum absolute atomic E-state index is 0.0280. The number of hydrogen-bond acceptors (Lipinski definition) is 3. The summed E-state index contributed by atoms with van der Waals surface area (Å²) in [6, 6.07) is 0.217. The van der Waals surface area contributed by atoms with Crippen LogP contribution in [0.3, 0.4) is 0 Å². The maximum atomic E-state index is 12.4. The maximum Gasteiger partial charge on any atom is 0.233 e. The SMILES string of the molecule is CCC(CC)N(CC(C)C)C(=O)C(C)C(N)=NO. The second kappa shape index (κ2) is 7.95. The van der Waals surface area contributed by atoms with E-state index in [9.17, 15) is 4.79 Å². The molecule has 1 unspecified atom stereocenters. The van der Waals surface area contributed by atoms with E-state index in [-0.39, 0.29) is 17.8 Å². The van der Waals surface area contributed by atoms with Gasteiger partial charge >= 0.3 is 0 Å². The number of carbonyl (C=O) groups is 1. The summed E-state index contributed by atoms with van der Waals surface area (Å²) in [5.74, 6) is -0.268. The van der Waals surface area contributed by atoms with Crippen molar-refractivity contribution in [1.82, 2.24) is 4.90 Å². The van der Waals surface area contributed by atoms with E-state index in [2.05, 4.69) is 32.9 Å². The van der Waals surface area contributed by atoms with Gasteiger partial charge < -0.3 is 15.8 Å². The van der Waals surface area contributed by atoms with Crippen molar-refractivity contribution in [2.75, 3.05) is 6.54 Å². The lowest BCUT2D eigenvalue weighted by Gasteiger charge is -2.33. The van der Waals surface area contributed by atoms with E-state index in [0.717, 1.165) is 12.8 Å². The molecule has 0 fully saturated rings. The van der Waals surface area contributed by atoms with Crippen LogP contribution >= 0.6 is 0 Å². The Labute approximate surface area is 110 Å². The van der Waals surface area contributed by atoms with E-state index in [0.29, 0.717) is 12.5 Å². The third-order valence-electron chi connectivity index (χ3n) is 3.16. The molecular weight excluding hydrogens is 230 g/mol. The van der Waals surface area contributed by atoms with Gasteiger partial charge in [-0.1, -0.05) is 32.9 Å². The predicted octanol–water partition coefficient (Wildman–Crippen LogP) is 2.04. The van der Waals surface area contributed by atoms with E-state index < -0.39 is 5.92 Å². The molecular formula is C13H27N3O2. The van der Waals surface area contributed by atoms with E-state index in [1.54, 1.807) is 6.92 Å². The van der Waals surface area contributed by atoms with Crippen LogP contribution in [-0.4, -0.2) is 34.4 Å². The van der Waals surface area contributed by atoms with Gasteiger partial charge in [0.15, 0.2) is 5.84 Å². The first-order valence-electron chi connectivity index (χ1n) is 6.66. The van der Waals surface area contributed by atoms with Gasteiger partial charge in [0.05, 0.1) is 5.92 Å². The van der Waals surface area contributed by atoms with Gasteiger partial charge in [-0.25, -0.2) is 0 Å². The van der Waals surface area contributed by atoms with Gasteiger partial charge in [-0.3, -0.25) is 4.79 Å². The standard InChI is InChI=1S/C13H27N3O2/c1-6-11(7-2)16(8-9(3)4)13(17)10(5)12(14)15-18/h9-11,18H,6-8H2,1-5H3,(H2,14,15). The largest absolute Gasteiger partial charge is 0.409 e. The van der Waals surface area contributed by atoms with Gasteiger partial charge in [-0.2, -0.15) is 0 Å². The molecule has 5 heteroatoms. The third-order valence-corrected chi connectivity index (χ3v) is 3.16. The average Bonchev–Trinajstić information content (AvgIpc) is 2.35. The monoisotopic (exact) mass is 257 g/mol. The summed E-state index contributed by atoms with van der Waals surface area (Å²) >= 11 is 0. The van der Waals surface area contributed by atoms with Crippen LogP contribution in [-0.2, 0) is 4.79 Å². The fourth-order valence-electron chi connectivity index (χ4n) is 2.00. The molecule has 0 aliphatic carbocycles. The third kappa shape index (κ3) is 4.55. The molecule has 0 aliphatic heterocycles. The molecule has 0 saturated carbocycles. The summed E-state index contributed by atoms with van der Waals surface area (Å²) in [6.07, 6.45) is 1.83. The summed E-state index contributed by atoms with van der Waals surface area (Å²) in [7, 11) is 0. The minimum atomic E-state index is -0.575. The maximum absolute atomic E-state index is 12.4. The highest BCUT2D eigenvalue weighted by Gasteiger charge is 2.28. The fraction of sp³-hybridized carbons (Fsp3) is 0.846. The van der Waals surface area contributed by atoms with Crippen LogP contribution in [0.4, 0.5) is 0 Å².